The fourth-order valence-corrected chi connectivity index (χ4v) is 7.22. The van der Waals surface area contributed by atoms with Crippen molar-refractivity contribution in [2.24, 2.45) is 0 Å². The molecule has 1 spiro atoms. The molecule has 182 valence electrons. The lowest BCUT2D eigenvalue weighted by atomic mass is 9.48. The Labute approximate surface area is 204 Å². The monoisotopic (exact) mass is 474 g/mol. The number of ether oxygens (including phenoxy) is 1. The average molecular weight is 475 g/mol. The van der Waals surface area contributed by atoms with Gasteiger partial charge in [-0.25, -0.2) is 0 Å². The third-order valence-corrected chi connectivity index (χ3v) is 8.83. The van der Waals surface area contributed by atoms with Gasteiger partial charge in [-0.3, -0.25) is 14.5 Å². The number of carbonyl (C=O) groups excluding carboxylic acids is 2. The first-order valence-corrected chi connectivity index (χ1v) is 12.2. The van der Waals surface area contributed by atoms with Crippen LogP contribution in [0.25, 0.3) is 6.08 Å². The molecule has 2 heterocycles. The Morgan fingerprint density at radius 2 is 2.06 bits per heavy atom. The van der Waals surface area contributed by atoms with Gasteiger partial charge in [0.05, 0.1) is 11.5 Å². The Kier molecular flexibility index (Phi) is 4.73. The predicted molar refractivity (Wildman–Crippen MR) is 131 cm³/mol. The Balaban J connectivity index is 1.41. The van der Waals surface area contributed by atoms with E-state index in [1.807, 2.05) is 49.2 Å². The average Bonchev–Trinajstić information content (AvgIpc) is 3.18. The summed E-state index contributed by atoms with van der Waals surface area (Å²) in [6.07, 6.45) is 4.25. The van der Waals surface area contributed by atoms with Crippen LogP contribution >= 0.6 is 0 Å². The zero-order valence-corrected chi connectivity index (χ0v) is 20.2. The number of amides is 1. The van der Waals surface area contributed by atoms with Crippen molar-refractivity contribution in [2.75, 3.05) is 20.6 Å². The summed E-state index contributed by atoms with van der Waals surface area (Å²) in [6, 6.07) is 10.1. The van der Waals surface area contributed by atoms with Crippen molar-refractivity contribution >= 4 is 17.8 Å². The number of phenols is 1. The van der Waals surface area contributed by atoms with Gasteiger partial charge in [-0.15, -0.1) is 0 Å². The van der Waals surface area contributed by atoms with E-state index in [0.29, 0.717) is 36.9 Å². The van der Waals surface area contributed by atoms with Crippen molar-refractivity contribution in [3.63, 3.8) is 0 Å². The molecule has 1 saturated heterocycles. The van der Waals surface area contributed by atoms with Gasteiger partial charge in [-0.2, -0.15) is 0 Å². The van der Waals surface area contributed by atoms with Crippen LogP contribution < -0.4 is 4.74 Å². The first-order valence-electron chi connectivity index (χ1n) is 12.2. The minimum atomic E-state index is -1.33. The van der Waals surface area contributed by atoms with Gasteiger partial charge in [0.1, 0.15) is 17.7 Å². The summed E-state index contributed by atoms with van der Waals surface area (Å²) in [6.45, 7) is 2.63. The fraction of sp³-hybridized carbons (Fsp3) is 0.429. The Morgan fingerprint density at radius 3 is 2.83 bits per heavy atom. The Bertz CT molecular complexity index is 1290. The zero-order valence-electron chi connectivity index (χ0n) is 20.2. The van der Waals surface area contributed by atoms with E-state index in [1.54, 1.807) is 24.1 Å². The highest BCUT2D eigenvalue weighted by atomic mass is 16.5. The molecule has 0 radical (unpaired) electrons. The number of phenolic OH excluding ortho intramolecular Hbond substituents is 1. The van der Waals surface area contributed by atoms with Gasteiger partial charge in [0.2, 0.25) is 5.91 Å². The first-order chi connectivity index (χ1) is 16.7. The largest absolute Gasteiger partial charge is 0.504 e. The van der Waals surface area contributed by atoms with Gasteiger partial charge >= 0.3 is 0 Å². The zero-order chi connectivity index (χ0) is 24.7. The van der Waals surface area contributed by atoms with Crippen molar-refractivity contribution in [1.82, 2.24) is 9.80 Å². The maximum atomic E-state index is 13.5. The summed E-state index contributed by atoms with van der Waals surface area (Å²) in [5, 5.41) is 22.9. The number of carbonyl (C=O) groups is 2. The smallest absolute Gasteiger partial charge is 0.246 e. The maximum absolute atomic E-state index is 13.5. The number of likely N-dealkylation sites (tertiary alicyclic amines) is 1. The highest BCUT2D eigenvalue weighted by Gasteiger charge is 2.75. The molecule has 2 aromatic rings. The number of benzene rings is 2. The molecule has 0 aromatic heterocycles. The lowest BCUT2D eigenvalue weighted by Gasteiger charge is -2.63. The molecule has 4 aliphatic rings. The van der Waals surface area contributed by atoms with Crippen LogP contribution in [-0.2, 0) is 10.2 Å². The van der Waals surface area contributed by atoms with E-state index < -0.39 is 23.2 Å². The second kappa shape index (κ2) is 7.42. The van der Waals surface area contributed by atoms with Gasteiger partial charge in [0, 0.05) is 24.3 Å². The molecule has 1 amide bonds. The third-order valence-electron chi connectivity index (χ3n) is 8.83. The lowest BCUT2D eigenvalue weighted by molar-refractivity contribution is -0.184. The number of hydrogen-bond acceptors (Lipinski definition) is 6. The van der Waals surface area contributed by atoms with Crippen molar-refractivity contribution in [2.45, 2.75) is 55.4 Å². The van der Waals surface area contributed by atoms with E-state index in [0.717, 1.165) is 11.1 Å². The number of aromatic hydroxyl groups is 1. The quantitative estimate of drug-likeness (QED) is 0.665. The Morgan fingerprint density at radius 1 is 1.26 bits per heavy atom. The summed E-state index contributed by atoms with van der Waals surface area (Å²) in [4.78, 5) is 30.4. The van der Waals surface area contributed by atoms with E-state index in [9.17, 15) is 19.8 Å². The van der Waals surface area contributed by atoms with Crippen LogP contribution in [0.5, 0.6) is 11.5 Å². The summed E-state index contributed by atoms with van der Waals surface area (Å²) >= 11 is 0. The van der Waals surface area contributed by atoms with Crippen LogP contribution in [0.1, 0.15) is 46.3 Å². The number of ketones is 1. The van der Waals surface area contributed by atoms with E-state index in [1.165, 1.54) is 6.07 Å². The molecule has 6 rings (SSSR count). The first kappa shape index (κ1) is 22.3. The molecule has 2 fully saturated rings. The predicted octanol–water partition coefficient (Wildman–Crippen LogP) is 2.67. The van der Waals surface area contributed by atoms with E-state index in [4.69, 9.17) is 4.74 Å². The molecule has 7 nitrogen and oxygen atoms in total. The molecule has 2 unspecified atom stereocenters. The maximum Gasteiger partial charge on any atom is 0.246 e. The topological polar surface area (TPSA) is 90.3 Å². The van der Waals surface area contributed by atoms with Crippen LogP contribution in [0.15, 0.2) is 42.5 Å². The highest BCUT2D eigenvalue weighted by Crippen LogP contribution is 2.65. The van der Waals surface area contributed by atoms with Crippen LogP contribution in [0.4, 0.5) is 0 Å². The van der Waals surface area contributed by atoms with Crippen LogP contribution in [-0.4, -0.2) is 76.1 Å². The number of aliphatic hydroxyl groups is 1. The van der Waals surface area contributed by atoms with Gasteiger partial charge in [-0.05, 0) is 63.6 Å². The van der Waals surface area contributed by atoms with Crippen molar-refractivity contribution in [3.8, 4) is 11.5 Å². The molecule has 2 aliphatic carbocycles. The number of rotatable bonds is 3. The van der Waals surface area contributed by atoms with Crippen LogP contribution in [0.3, 0.4) is 0 Å². The second-order valence-electron chi connectivity index (χ2n) is 10.6. The molecular weight excluding hydrogens is 444 g/mol. The highest BCUT2D eigenvalue weighted by molar-refractivity contribution is 6.06. The number of piperidine rings is 1. The van der Waals surface area contributed by atoms with Crippen molar-refractivity contribution in [3.05, 3.63) is 64.7 Å². The minimum absolute atomic E-state index is 0.0351. The van der Waals surface area contributed by atoms with Crippen LogP contribution in [0.2, 0.25) is 0 Å². The molecule has 35 heavy (non-hydrogen) atoms. The van der Waals surface area contributed by atoms with E-state index in [2.05, 4.69) is 0 Å². The number of likely N-dealkylation sites (N-methyl/N-ethyl adjacent to an activating group) is 2. The SMILES string of the molecule is Cc1cccc(/C=C/C(=O)N(C)C2CC[C@@]3(O)[C@H]4C(=O)c5ccc(O)c6c5[C@@]3(CCN4C)C2O6)c1. The fourth-order valence-electron chi connectivity index (χ4n) is 7.22. The molecular formula is C28H30N2O5. The van der Waals surface area contributed by atoms with Crippen molar-refractivity contribution < 1.29 is 24.5 Å². The molecule has 1 saturated carbocycles. The number of aryl methyl sites for hydroxylation is 1. The standard InChI is InChI=1S/C28H30N2O5/c1-16-5-4-6-17(15-16)7-10-21(32)30(3)19-11-12-28(34)25-23(33)18-8-9-20(31)24-22(18)27(28,26(19)35-24)13-14-29(25)2/h4-10,15,19,25-26,31,34H,11-14H2,1-3H3/b10-7+/t19?,25-,26?,27+,28-/m1/s1. The van der Waals surface area contributed by atoms with E-state index in [-0.39, 0.29) is 29.2 Å². The minimum Gasteiger partial charge on any atom is -0.504 e. The normalized spacial score (nSPS) is 32.9. The summed E-state index contributed by atoms with van der Waals surface area (Å²) in [5.41, 5.74) is 1.02. The summed E-state index contributed by atoms with van der Waals surface area (Å²) in [5.74, 6) is -0.0361. The third kappa shape index (κ3) is 2.79. The molecule has 2 N–H and O–H groups in total. The van der Waals surface area contributed by atoms with Crippen LogP contribution in [0, 0.1) is 6.92 Å². The molecule has 5 atom stereocenters. The summed E-state index contributed by atoms with van der Waals surface area (Å²) in [7, 11) is 3.64. The number of Topliss-reactive ketones (excluding diaryl/α,β-unsaturated/α-hetero) is 1. The van der Waals surface area contributed by atoms with Gasteiger partial charge in [0.25, 0.3) is 0 Å². The van der Waals surface area contributed by atoms with Crippen molar-refractivity contribution in [1.29, 1.82) is 0 Å². The number of nitrogens with zero attached hydrogens (tertiary/aromatic N) is 2. The Hall–Kier alpha value is -3.16. The van der Waals surface area contributed by atoms with E-state index >= 15 is 0 Å². The van der Waals surface area contributed by atoms with Gasteiger partial charge in [-0.1, -0.05) is 29.8 Å². The molecule has 7 heteroatoms. The van der Waals surface area contributed by atoms with Gasteiger partial charge in [0.15, 0.2) is 17.3 Å². The lowest BCUT2D eigenvalue weighted by Crippen LogP contribution is -2.79. The molecule has 2 bridgehead atoms. The number of hydrogen-bond donors (Lipinski definition) is 2. The van der Waals surface area contributed by atoms with Gasteiger partial charge < -0.3 is 19.8 Å². The molecule has 2 aromatic carbocycles. The molecule has 2 aliphatic heterocycles. The second-order valence-corrected chi connectivity index (χ2v) is 10.6. The summed E-state index contributed by atoms with van der Waals surface area (Å²) < 4.78 is 6.42.